The quantitative estimate of drug-likeness (QED) is 0.681. The van der Waals surface area contributed by atoms with E-state index in [4.69, 9.17) is 5.73 Å². The summed E-state index contributed by atoms with van der Waals surface area (Å²) in [6.45, 7) is 2.42. The molecule has 0 aliphatic carbocycles. The van der Waals surface area contributed by atoms with Crippen molar-refractivity contribution in [3.8, 4) is 0 Å². The van der Waals surface area contributed by atoms with Gasteiger partial charge in [-0.05, 0) is 43.9 Å². The van der Waals surface area contributed by atoms with Crippen LogP contribution in [0.15, 0.2) is 22.7 Å². The van der Waals surface area contributed by atoms with E-state index in [2.05, 4.69) is 20.8 Å². The molecule has 2 N–H and O–H groups in total. The molecule has 1 aromatic rings. The van der Waals surface area contributed by atoms with Crippen molar-refractivity contribution in [2.45, 2.75) is 19.3 Å². The van der Waals surface area contributed by atoms with Crippen LogP contribution in [-0.4, -0.2) is 24.6 Å². The lowest BCUT2D eigenvalue weighted by Crippen LogP contribution is -2.36. The van der Waals surface area contributed by atoms with E-state index >= 15 is 0 Å². The zero-order chi connectivity index (χ0) is 13.8. The van der Waals surface area contributed by atoms with Gasteiger partial charge in [0.1, 0.15) is 5.69 Å². The molecule has 5 nitrogen and oxygen atoms in total. The van der Waals surface area contributed by atoms with Crippen molar-refractivity contribution in [3.63, 3.8) is 0 Å². The summed E-state index contributed by atoms with van der Waals surface area (Å²) < 4.78 is 0.735. The van der Waals surface area contributed by atoms with Crippen LogP contribution in [0.1, 0.15) is 19.3 Å². The largest absolute Gasteiger partial charge is 0.366 e. The van der Waals surface area contributed by atoms with Gasteiger partial charge >= 0.3 is 0 Å². The summed E-state index contributed by atoms with van der Waals surface area (Å²) in [7, 11) is 0. The van der Waals surface area contributed by atoms with E-state index in [0.29, 0.717) is 12.5 Å². The summed E-state index contributed by atoms with van der Waals surface area (Å²) in [5.74, 6) is 0.544. The first-order valence-corrected chi connectivity index (χ1v) is 7.30. The van der Waals surface area contributed by atoms with Gasteiger partial charge in [0.25, 0.3) is 5.69 Å². The number of anilines is 1. The Labute approximate surface area is 121 Å². The summed E-state index contributed by atoms with van der Waals surface area (Å²) >= 11 is 3.29. The normalized spacial score (nSPS) is 19.5. The summed E-state index contributed by atoms with van der Waals surface area (Å²) in [4.78, 5) is 13.0. The van der Waals surface area contributed by atoms with Crippen LogP contribution in [-0.2, 0) is 0 Å². The Morgan fingerprint density at radius 2 is 2.32 bits per heavy atom. The molecular formula is C13H18BrN3O2. The highest BCUT2D eigenvalue weighted by atomic mass is 79.9. The minimum absolute atomic E-state index is 0.169. The number of nitrogens with two attached hydrogens (primary N) is 1. The third-order valence-corrected chi connectivity index (χ3v) is 4.06. The molecule has 19 heavy (non-hydrogen) atoms. The molecule has 0 amide bonds. The second-order valence-corrected chi connectivity index (χ2v) is 5.84. The Kier molecular flexibility index (Phi) is 4.76. The van der Waals surface area contributed by atoms with Crippen LogP contribution in [0.2, 0.25) is 0 Å². The average molecular weight is 328 g/mol. The molecular weight excluding hydrogens is 310 g/mol. The number of benzene rings is 1. The van der Waals surface area contributed by atoms with E-state index in [9.17, 15) is 10.1 Å². The number of hydrogen-bond acceptors (Lipinski definition) is 4. The van der Waals surface area contributed by atoms with Gasteiger partial charge in [-0.25, -0.2) is 0 Å². The highest BCUT2D eigenvalue weighted by Crippen LogP contribution is 2.34. The Hall–Kier alpha value is -1.14. The highest BCUT2D eigenvalue weighted by Gasteiger charge is 2.25. The van der Waals surface area contributed by atoms with E-state index < -0.39 is 0 Å². The number of nitro groups is 1. The van der Waals surface area contributed by atoms with Gasteiger partial charge in [-0.1, -0.05) is 15.9 Å². The van der Waals surface area contributed by atoms with Gasteiger partial charge in [0.2, 0.25) is 0 Å². The Balaban J connectivity index is 2.23. The fourth-order valence-corrected chi connectivity index (χ4v) is 3.01. The zero-order valence-corrected chi connectivity index (χ0v) is 12.3. The van der Waals surface area contributed by atoms with Gasteiger partial charge in [-0.3, -0.25) is 10.1 Å². The molecule has 1 aromatic carbocycles. The number of hydrogen-bond donors (Lipinski definition) is 1. The van der Waals surface area contributed by atoms with Gasteiger partial charge in [-0.2, -0.15) is 0 Å². The first-order valence-electron chi connectivity index (χ1n) is 6.50. The predicted molar refractivity (Wildman–Crippen MR) is 79.4 cm³/mol. The molecule has 6 heteroatoms. The van der Waals surface area contributed by atoms with Crippen LogP contribution >= 0.6 is 15.9 Å². The molecule has 0 radical (unpaired) electrons. The molecule has 1 saturated heterocycles. The van der Waals surface area contributed by atoms with Crippen LogP contribution in [0.5, 0.6) is 0 Å². The maximum atomic E-state index is 11.2. The SMILES string of the molecule is NCCC1CCCN(c2ccc(Br)cc2[N+](=O)[O-])C1. The second kappa shape index (κ2) is 6.34. The van der Waals surface area contributed by atoms with Crippen molar-refractivity contribution < 1.29 is 4.92 Å². The van der Waals surface area contributed by atoms with E-state index in [1.165, 1.54) is 0 Å². The van der Waals surface area contributed by atoms with Crippen LogP contribution in [0.25, 0.3) is 0 Å². The van der Waals surface area contributed by atoms with Crippen molar-refractivity contribution in [2.75, 3.05) is 24.5 Å². The molecule has 0 spiro atoms. The second-order valence-electron chi connectivity index (χ2n) is 4.92. The maximum Gasteiger partial charge on any atom is 0.293 e. The zero-order valence-electron chi connectivity index (χ0n) is 10.7. The smallest absolute Gasteiger partial charge is 0.293 e. The molecule has 1 atom stereocenters. The molecule has 1 fully saturated rings. The molecule has 2 rings (SSSR count). The molecule has 1 aliphatic rings. The molecule has 1 heterocycles. The number of nitro benzene ring substituents is 1. The Morgan fingerprint density at radius 1 is 1.53 bits per heavy atom. The third-order valence-electron chi connectivity index (χ3n) is 3.57. The van der Waals surface area contributed by atoms with Crippen molar-refractivity contribution >= 4 is 27.3 Å². The molecule has 1 unspecified atom stereocenters. The van der Waals surface area contributed by atoms with Crippen LogP contribution in [0.3, 0.4) is 0 Å². The van der Waals surface area contributed by atoms with Crippen molar-refractivity contribution in [1.29, 1.82) is 0 Å². The Bertz CT molecular complexity index is 465. The first-order chi connectivity index (χ1) is 9.11. The minimum Gasteiger partial charge on any atom is -0.366 e. The van der Waals surface area contributed by atoms with Crippen molar-refractivity contribution in [1.82, 2.24) is 0 Å². The van der Waals surface area contributed by atoms with Crippen LogP contribution < -0.4 is 10.6 Å². The lowest BCUT2D eigenvalue weighted by atomic mass is 9.94. The summed E-state index contributed by atoms with van der Waals surface area (Å²) in [6, 6.07) is 5.25. The summed E-state index contributed by atoms with van der Waals surface area (Å²) in [6.07, 6.45) is 3.22. The van der Waals surface area contributed by atoms with Gasteiger partial charge < -0.3 is 10.6 Å². The lowest BCUT2D eigenvalue weighted by molar-refractivity contribution is -0.384. The molecule has 1 aliphatic heterocycles. The van der Waals surface area contributed by atoms with Gasteiger partial charge in [0.15, 0.2) is 0 Å². The van der Waals surface area contributed by atoms with E-state index in [1.807, 2.05) is 12.1 Å². The topological polar surface area (TPSA) is 72.4 Å². The number of piperidine rings is 1. The fraction of sp³-hybridized carbons (Fsp3) is 0.538. The third kappa shape index (κ3) is 3.45. The number of halogens is 1. The number of nitrogens with zero attached hydrogens (tertiary/aromatic N) is 2. The lowest BCUT2D eigenvalue weighted by Gasteiger charge is -2.34. The Morgan fingerprint density at radius 3 is 3.00 bits per heavy atom. The fourth-order valence-electron chi connectivity index (χ4n) is 2.67. The monoisotopic (exact) mass is 327 g/mol. The molecule has 104 valence electrons. The molecule has 0 bridgehead atoms. The minimum atomic E-state index is -0.313. The average Bonchev–Trinajstić information content (AvgIpc) is 2.39. The van der Waals surface area contributed by atoms with Crippen molar-refractivity contribution in [2.24, 2.45) is 11.7 Å². The van der Waals surface area contributed by atoms with E-state index in [0.717, 1.165) is 42.5 Å². The summed E-state index contributed by atoms with van der Waals surface area (Å²) in [5, 5.41) is 11.2. The molecule has 0 aromatic heterocycles. The highest BCUT2D eigenvalue weighted by molar-refractivity contribution is 9.10. The molecule has 0 saturated carbocycles. The standard InChI is InChI=1S/C13H18BrN3O2/c14-11-3-4-12(13(8-11)17(18)19)16-7-1-2-10(9-16)5-6-15/h3-4,8,10H,1-2,5-7,9,15H2. The summed E-state index contributed by atoms with van der Waals surface area (Å²) in [5.41, 5.74) is 6.50. The van der Waals surface area contributed by atoms with Crippen LogP contribution in [0, 0.1) is 16.0 Å². The van der Waals surface area contributed by atoms with E-state index in [-0.39, 0.29) is 10.6 Å². The van der Waals surface area contributed by atoms with Gasteiger partial charge in [0.05, 0.1) is 4.92 Å². The van der Waals surface area contributed by atoms with Gasteiger partial charge in [-0.15, -0.1) is 0 Å². The number of rotatable bonds is 4. The van der Waals surface area contributed by atoms with Crippen LogP contribution in [0.4, 0.5) is 11.4 Å². The first kappa shape index (κ1) is 14.3. The van der Waals surface area contributed by atoms with Crippen molar-refractivity contribution in [3.05, 3.63) is 32.8 Å². The van der Waals surface area contributed by atoms with Gasteiger partial charge in [0, 0.05) is 23.6 Å². The van der Waals surface area contributed by atoms with E-state index in [1.54, 1.807) is 6.07 Å². The predicted octanol–water partition coefficient (Wildman–Crippen LogP) is 2.92. The maximum absolute atomic E-state index is 11.2.